The molecule has 1 aliphatic rings. The predicted octanol–water partition coefficient (Wildman–Crippen LogP) is 1.24. The van der Waals surface area contributed by atoms with Gasteiger partial charge in [0, 0.05) is 25.4 Å². The van der Waals surface area contributed by atoms with Gasteiger partial charge in [-0.3, -0.25) is 9.59 Å². The molecule has 92 valence electrons. The summed E-state index contributed by atoms with van der Waals surface area (Å²) in [4.78, 5) is 24.8. The molecule has 0 radical (unpaired) electrons. The molecule has 0 aromatic heterocycles. The molecular formula is C12H21NO3. The van der Waals surface area contributed by atoms with Crippen molar-refractivity contribution in [2.75, 3.05) is 19.7 Å². The van der Waals surface area contributed by atoms with Crippen molar-refractivity contribution < 1.29 is 14.3 Å². The highest BCUT2D eigenvalue weighted by atomic mass is 16.5. The van der Waals surface area contributed by atoms with Crippen LogP contribution in [-0.4, -0.2) is 41.9 Å². The molecule has 0 aliphatic carbocycles. The number of hydrogen-bond donors (Lipinski definition) is 0. The Balaban J connectivity index is 2.41. The van der Waals surface area contributed by atoms with Crippen LogP contribution in [0.4, 0.5) is 0 Å². The van der Waals surface area contributed by atoms with Crippen LogP contribution in [0.3, 0.4) is 0 Å². The molecular weight excluding hydrogens is 206 g/mol. The summed E-state index contributed by atoms with van der Waals surface area (Å²) in [7, 11) is 0. The zero-order valence-electron chi connectivity index (χ0n) is 10.6. The summed E-state index contributed by atoms with van der Waals surface area (Å²) in [5, 5.41) is 0. The van der Waals surface area contributed by atoms with E-state index in [4.69, 9.17) is 4.74 Å². The third-order valence-corrected chi connectivity index (χ3v) is 2.65. The maximum Gasteiger partial charge on any atom is 0.248 e. The van der Waals surface area contributed by atoms with Crippen molar-refractivity contribution >= 4 is 11.7 Å². The molecule has 1 rings (SSSR count). The molecule has 1 heterocycles. The van der Waals surface area contributed by atoms with Crippen LogP contribution in [0.15, 0.2) is 0 Å². The molecule has 4 heteroatoms. The van der Waals surface area contributed by atoms with Crippen LogP contribution in [0.1, 0.15) is 34.1 Å². The number of hydrogen-bond acceptors (Lipinski definition) is 3. The average Bonchev–Trinajstić information content (AvgIpc) is 2.17. The maximum absolute atomic E-state index is 11.8. The molecule has 0 aromatic carbocycles. The minimum absolute atomic E-state index is 0.0192. The lowest BCUT2D eigenvalue weighted by atomic mass is 9.99. The molecule has 1 unspecified atom stereocenters. The summed E-state index contributed by atoms with van der Waals surface area (Å²) in [6, 6.07) is 0. The predicted molar refractivity (Wildman–Crippen MR) is 61.1 cm³/mol. The first-order valence-corrected chi connectivity index (χ1v) is 5.74. The Hall–Kier alpha value is -0.900. The van der Waals surface area contributed by atoms with Crippen LogP contribution in [0.25, 0.3) is 0 Å². The molecule has 1 atom stereocenters. The number of piperidine rings is 1. The second-order valence-electron chi connectivity index (χ2n) is 5.36. The zero-order chi connectivity index (χ0) is 12.3. The van der Waals surface area contributed by atoms with Gasteiger partial charge >= 0.3 is 0 Å². The smallest absolute Gasteiger partial charge is 0.248 e. The van der Waals surface area contributed by atoms with Crippen LogP contribution in [0.2, 0.25) is 0 Å². The van der Waals surface area contributed by atoms with E-state index in [1.54, 1.807) is 4.90 Å². The van der Waals surface area contributed by atoms with Crippen molar-refractivity contribution in [3.8, 4) is 0 Å². The Labute approximate surface area is 96.9 Å². The van der Waals surface area contributed by atoms with Gasteiger partial charge in [-0.05, 0) is 20.8 Å². The number of ether oxygens (including phenoxy) is 1. The Kier molecular flexibility index (Phi) is 4.08. The number of Topliss-reactive ketones (excluding diaryl/α,β-unsaturated/α-hetero) is 1. The first-order valence-electron chi connectivity index (χ1n) is 5.74. The van der Waals surface area contributed by atoms with E-state index in [1.165, 1.54) is 0 Å². The summed E-state index contributed by atoms with van der Waals surface area (Å²) in [5.41, 5.74) is -0.299. The van der Waals surface area contributed by atoms with Gasteiger partial charge in [-0.2, -0.15) is 0 Å². The van der Waals surface area contributed by atoms with Gasteiger partial charge in [0.1, 0.15) is 12.4 Å². The molecule has 0 bridgehead atoms. The highest BCUT2D eigenvalue weighted by Crippen LogP contribution is 2.13. The van der Waals surface area contributed by atoms with Gasteiger partial charge in [-0.15, -0.1) is 0 Å². The highest BCUT2D eigenvalue weighted by Gasteiger charge is 2.27. The van der Waals surface area contributed by atoms with Crippen LogP contribution in [0, 0.1) is 5.92 Å². The van der Waals surface area contributed by atoms with Crippen LogP contribution < -0.4 is 0 Å². The van der Waals surface area contributed by atoms with Crippen molar-refractivity contribution in [1.82, 2.24) is 4.90 Å². The van der Waals surface area contributed by atoms with E-state index in [0.717, 1.165) is 0 Å². The van der Waals surface area contributed by atoms with Gasteiger partial charge in [0.15, 0.2) is 0 Å². The molecule has 0 saturated carbocycles. The first-order chi connectivity index (χ1) is 7.29. The fourth-order valence-corrected chi connectivity index (χ4v) is 1.61. The van der Waals surface area contributed by atoms with Gasteiger partial charge < -0.3 is 9.64 Å². The first kappa shape index (κ1) is 13.2. The molecule has 1 fully saturated rings. The second-order valence-corrected chi connectivity index (χ2v) is 5.36. The van der Waals surface area contributed by atoms with E-state index in [9.17, 15) is 9.59 Å². The van der Waals surface area contributed by atoms with Crippen molar-refractivity contribution in [2.24, 2.45) is 5.92 Å². The summed E-state index contributed by atoms with van der Waals surface area (Å²) in [5.74, 6) is 0.197. The van der Waals surface area contributed by atoms with Gasteiger partial charge in [-0.1, -0.05) is 6.92 Å². The number of nitrogens with zero attached hydrogens (tertiary/aromatic N) is 1. The fraction of sp³-hybridized carbons (Fsp3) is 0.833. The van der Waals surface area contributed by atoms with Crippen LogP contribution >= 0.6 is 0 Å². The van der Waals surface area contributed by atoms with Crippen LogP contribution in [-0.2, 0) is 14.3 Å². The number of rotatable bonds is 2. The monoisotopic (exact) mass is 227 g/mol. The van der Waals surface area contributed by atoms with Gasteiger partial charge in [0.25, 0.3) is 0 Å². The lowest BCUT2D eigenvalue weighted by Crippen LogP contribution is -2.45. The Morgan fingerprint density at radius 2 is 2.12 bits per heavy atom. The fourth-order valence-electron chi connectivity index (χ4n) is 1.61. The second kappa shape index (κ2) is 4.95. The van der Waals surface area contributed by atoms with Crippen LogP contribution in [0.5, 0.6) is 0 Å². The molecule has 1 aliphatic heterocycles. The number of ketones is 1. The standard InChI is InChI=1S/C12H21NO3/c1-9-7-13(6-5-10(9)14)11(15)8-16-12(2,3)4/h9H,5-8H2,1-4H3. The molecule has 1 saturated heterocycles. The average molecular weight is 227 g/mol. The van der Waals surface area contributed by atoms with Gasteiger partial charge in [-0.25, -0.2) is 0 Å². The highest BCUT2D eigenvalue weighted by molar-refractivity contribution is 5.85. The molecule has 0 spiro atoms. The van der Waals surface area contributed by atoms with Crippen molar-refractivity contribution in [2.45, 2.75) is 39.7 Å². The van der Waals surface area contributed by atoms with E-state index in [0.29, 0.717) is 19.5 Å². The Morgan fingerprint density at radius 1 is 1.50 bits per heavy atom. The number of carbonyl (C=O) groups excluding carboxylic acids is 2. The van der Waals surface area contributed by atoms with E-state index >= 15 is 0 Å². The van der Waals surface area contributed by atoms with E-state index in [-0.39, 0.29) is 29.8 Å². The lowest BCUT2D eigenvalue weighted by Gasteiger charge is -2.31. The normalized spacial score (nSPS) is 22.4. The Morgan fingerprint density at radius 3 is 2.62 bits per heavy atom. The van der Waals surface area contributed by atoms with E-state index in [2.05, 4.69) is 0 Å². The SMILES string of the molecule is CC1CN(C(=O)COC(C)(C)C)CCC1=O. The van der Waals surface area contributed by atoms with Crippen molar-refractivity contribution in [3.63, 3.8) is 0 Å². The number of likely N-dealkylation sites (tertiary alicyclic amines) is 1. The van der Waals surface area contributed by atoms with E-state index in [1.807, 2.05) is 27.7 Å². The molecule has 1 amide bonds. The molecule has 16 heavy (non-hydrogen) atoms. The summed E-state index contributed by atoms with van der Waals surface area (Å²) in [6.45, 7) is 8.80. The number of carbonyl (C=O) groups is 2. The topological polar surface area (TPSA) is 46.6 Å². The van der Waals surface area contributed by atoms with Crippen molar-refractivity contribution in [1.29, 1.82) is 0 Å². The lowest BCUT2D eigenvalue weighted by molar-refractivity contribution is -0.144. The summed E-state index contributed by atoms with van der Waals surface area (Å²) in [6.07, 6.45) is 0.475. The van der Waals surface area contributed by atoms with Crippen molar-refractivity contribution in [3.05, 3.63) is 0 Å². The molecule has 0 N–H and O–H groups in total. The zero-order valence-corrected chi connectivity index (χ0v) is 10.6. The third-order valence-electron chi connectivity index (χ3n) is 2.65. The Bertz CT molecular complexity index is 280. The maximum atomic E-state index is 11.8. The van der Waals surface area contributed by atoms with E-state index < -0.39 is 0 Å². The number of amides is 1. The summed E-state index contributed by atoms with van der Waals surface area (Å²) >= 11 is 0. The summed E-state index contributed by atoms with van der Waals surface area (Å²) < 4.78 is 5.43. The minimum Gasteiger partial charge on any atom is -0.366 e. The van der Waals surface area contributed by atoms with Gasteiger partial charge in [0.05, 0.1) is 5.60 Å². The largest absolute Gasteiger partial charge is 0.366 e. The third kappa shape index (κ3) is 3.93. The van der Waals surface area contributed by atoms with Gasteiger partial charge in [0.2, 0.25) is 5.91 Å². The minimum atomic E-state index is -0.299. The quantitative estimate of drug-likeness (QED) is 0.713. The molecule has 0 aromatic rings. The molecule has 4 nitrogen and oxygen atoms in total.